The number of anilines is 1. The van der Waals surface area contributed by atoms with E-state index < -0.39 is 0 Å². The fourth-order valence-electron chi connectivity index (χ4n) is 3.00. The predicted octanol–water partition coefficient (Wildman–Crippen LogP) is 3.66. The van der Waals surface area contributed by atoms with Crippen LogP contribution in [-0.2, 0) is 6.54 Å². The third-order valence-corrected chi connectivity index (χ3v) is 4.52. The van der Waals surface area contributed by atoms with E-state index in [9.17, 15) is 0 Å². The van der Waals surface area contributed by atoms with Gasteiger partial charge in [0.25, 0.3) is 5.89 Å². The summed E-state index contributed by atoms with van der Waals surface area (Å²) < 4.78 is 11.0. The highest BCUT2D eigenvalue weighted by molar-refractivity contribution is 6.15. The maximum absolute atomic E-state index is 5.80. The van der Waals surface area contributed by atoms with E-state index in [-0.39, 0.29) is 0 Å². The SMILES string of the molecule is COc1cccc(CNc2nnc(-c3c[nH]c4ncc(C5=CN=C5)cc34)o2)c1. The number of methoxy groups -OCH3 is 1. The Morgan fingerprint density at radius 1 is 1.21 bits per heavy atom. The molecule has 4 aromatic rings. The van der Waals surface area contributed by atoms with Crippen LogP contribution in [0.1, 0.15) is 11.1 Å². The molecule has 0 radical (unpaired) electrons. The smallest absolute Gasteiger partial charge is 0.316 e. The van der Waals surface area contributed by atoms with Gasteiger partial charge < -0.3 is 19.5 Å². The second kappa shape index (κ2) is 6.66. The highest BCUT2D eigenvalue weighted by Gasteiger charge is 2.16. The van der Waals surface area contributed by atoms with Gasteiger partial charge >= 0.3 is 6.01 Å². The Morgan fingerprint density at radius 3 is 2.96 bits per heavy atom. The lowest BCUT2D eigenvalue weighted by Crippen LogP contribution is -1.99. The van der Waals surface area contributed by atoms with Gasteiger partial charge in [-0.2, -0.15) is 0 Å². The van der Waals surface area contributed by atoms with Crippen LogP contribution in [-0.4, -0.2) is 33.5 Å². The zero-order valence-electron chi connectivity index (χ0n) is 15.0. The van der Waals surface area contributed by atoms with E-state index in [2.05, 4.69) is 30.5 Å². The number of H-pyrrole nitrogens is 1. The molecule has 1 aliphatic heterocycles. The molecule has 0 fully saturated rings. The van der Waals surface area contributed by atoms with Crippen LogP contribution in [0, 0.1) is 0 Å². The molecular weight excluding hydrogens is 356 g/mol. The summed E-state index contributed by atoms with van der Waals surface area (Å²) in [5.74, 6) is 1.23. The first-order chi connectivity index (χ1) is 13.8. The van der Waals surface area contributed by atoms with Gasteiger partial charge in [0, 0.05) is 47.9 Å². The first-order valence-corrected chi connectivity index (χ1v) is 8.72. The van der Waals surface area contributed by atoms with Crippen molar-refractivity contribution < 1.29 is 9.15 Å². The molecule has 3 aromatic heterocycles. The van der Waals surface area contributed by atoms with Crippen molar-refractivity contribution in [3.8, 4) is 17.2 Å². The molecule has 0 amide bonds. The molecule has 0 saturated heterocycles. The van der Waals surface area contributed by atoms with E-state index in [4.69, 9.17) is 9.15 Å². The molecule has 0 aliphatic carbocycles. The molecule has 0 bridgehead atoms. The van der Waals surface area contributed by atoms with Crippen molar-refractivity contribution in [1.29, 1.82) is 0 Å². The van der Waals surface area contributed by atoms with Gasteiger partial charge in [0.15, 0.2) is 0 Å². The second-order valence-electron chi connectivity index (χ2n) is 6.30. The number of allylic oxidation sites excluding steroid dienone is 1. The van der Waals surface area contributed by atoms with Crippen molar-refractivity contribution in [3.63, 3.8) is 0 Å². The van der Waals surface area contributed by atoms with Crippen molar-refractivity contribution in [2.45, 2.75) is 6.54 Å². The van der Waals surface area contributed by atoms with Crippen molar-refractivity contribution >= 4 is 28.8 Å². The van der Waals surface area contributed by atoms with Gasteiger partial charge in [0.05, 0.1) is 12.7 Å². The minimum Gasteiger partial charge on any atom is -0.497 e. The first kappa shape index (κ1) is 16.2. The maximum atomic E-state index is 5.80. The number of nitrogens with zero attached hydrogens (tertiary/aromatic N) is 4. The maximum Gasteiger partial charge on any atom is 0.316 e. The van der Waals surface area contributed by atoms with Crippen LogP contribution >= 0.6 is 0 Å². The number of ether oxygens (including phenoxy) is 1. The number of nitrogens with one attached hydrogen (secondary N) is 2. The summed E-state index contributed by atoms with van der Waals surface area (Å²) in [5.41, 5.74) is 4.67. The van der Waals surface area contributed by atoms with Gasteiger partial charge in [0.2, 0.25) is 0 Å². The topological polar surface area (TPSA) is 101 Å². The summed E-state index contributed by atoms with van der Waals surface area (Å²) in [6.07, 6.45) is 7.25. The van der Waals surface area contributed by atoms with Crippen LogP contribution in [0.15, 0.2) is 58.3 Å². The van der Waals surface area contributed by atoms with Crippen LogP contribution in [0.5, 0.6) is 5.75 Å². The van der Waals surface area contributed by atoms with E-state index in [0.29, 0.717) is 18.5 Å². The van der Waals surface area contributed by atoms with E-state index in [0.717, 1.165) is 39.0 Å². The molecular formula is C20H16N6O2. The summed E-state index contributed by atoms with van der Waals surface area (Å²) in [5, 5.41) is 12.3. The van der Waals surface area contributed by atoms with Crippen LogP contribution in [0.25, 0.3) is 28.1 Å². The highest BCUT2D eigenvalue weighted by atomic mass is 16.5. The summed E-state index contributed by atoms with van der Waals surface area (Å²) in [6, 6.07) is 10.2. The fraction of sp³-hybridized carbons (Fsp3) is 0.100. The number of hydrogen-bond donors (Lipinski definition) is 2. The van der Waals surface area contributed by atoms with Crippen LogP contribution in [0.4, 0.5) is 6.01 Å². The van der Waals surface area contributed by atoms with Crippen molar-refractivity contribution in [3.05, 3.63) is 60.1 Å². The first-order valence-electron chi connectivity index (χ1n) is 8.72. The van der Waals surface area contributed by atoms with Crippen molar-refractivity contribution in [2.24, 2.45) is 4.99 Å². The molecule has 4 heterocycles. The Kier molecular flexibility index (Phi) is 3.86. The lowest BCUT2D eigenvalue weighted by atomic mass is 10.1. The monoisotopic (exact) mass is 372 g/mol. The van der Waals surface area contributed by atoms with Crippen LogP contribution in [0.2, 0.25) is 0 Å². The largest absolute Gasteiger partial charge is 0.497 e. The Bertz CT molecular complexity index is 1220. The minimum atomic E-state index is 0.352. The van der Waals surface area contributed by atoms with E-state index in [1.54, 1.807) is 7.11 Å². The molecule has 1 aromatic carbocycles. The molecule has 0 saturated carbocycles. The van der Waals surface area contributed by atoms with Crippen molar-refractivity contribution in [1.82, 2.24) is 20.2 Å². The molecule has 0 spiro atoms. The Morgan fingerprint density at radius 2 is 2.14 bits per heavy atom. The standard InChI is InChI=1S/C20H16N6O2/c1-27-15-4-2-3-12(5-15)7-24-20-26-25-19(28-20)17-11-23-18-16(17)6-13(10-22-18)14-8-21-9-14/h2-6,8-11H,7H2,1H3,(H,22,23)(H,24,26). The number of pyridine rings is 1. The number of hydrogen-bond acceptors (Lipinski definition) is 7. The quantitative estimate of drug-likeness (QED) is 0.536. The second-order valence-corrected chi connectivity index (χ2v) is 6.30. The predicted molar refractivity (Wildman–Crippen MR) is 106 cm³/mol. The summed E-state index contributed by atoms with van der Waals surface area (Å²) in [6.45, 7) is 0.548. The third kappa shape index (κ3) is 2.90. The molecule has 0 unspecified atom stereocenters. The molecule has 8 nitrogen and oxygen atoms in total. The minimum absolute atomic E-state index is 0.352. The van der Waals surface area contributed by atoms with E-state index in [1.165, 1.54) is 0 Å². The van der Waals surface area contributed by atoms with Crippen LogP contribution < -0.4 is 10.1 Å². The Labute approximate surface area is 160 Å². The molecule has 5 rings (SSSR count). The van der Waals surface area contributed by atoms with Crippen LogP contribution in [0.3, 0.4) is 0 Å². The number of fused-ring (bicyclic) bond motifs is 1. The number of benzene rings is 1. The van der Waals surface area contributed by atoms with Crippen molar-refractivity contribution in [2.75, 3.05) is 12.4 Å². The average Bonchev–Trinajstić information content (AvgIpc) is 3.31. The molecule has 28 heavy (non-hydrogen) atoms. The Balaban J connectivity index is 1.38. The van der Waals surface area contributed by atoms with Gasteiger partial charge in [-0.3, -0.25) is 4.99 Å². The lowest BCUT2D eigenvalue weighted by molar-refractivity contribution is 0.414. The zero-order chi connectivity index (χ0) is 18.9. The molecule has 0 atom stereocenters. The number of aliphatic imine (C=N–C) groups is 1. The molecule has 1 aliphatic rings. The normalized spacial score (nSPS) is 12.7. The Hall–Kier alpha value is -3.94. The third-order valence-electron chi connectivity index (χ3n) is 4.52. The van der Waals surface area contributed by atoms with Gasteiger partial charge in [-0.25, -0.2) is 4.98 Å². The molecule has 138 valence electrons. The lowest BCUT2D eigenvalue weighted by Gasteiger charge is -2.06. The van der Waals surface area contributed by atoms with Gasteiger partial charge in [0.1, 0.15) is 11.4 Å². The summed E-state index contributed by atoms with van der Waals surface area (Å²) >= 11 is 0. The fourth-order valence-corrected chi connectivity index (χ4v) is 3.00. The number of aromatic nitrogens is 4. The number of aromatic amines is 1. The van der Waals surface area contributed by atoms with Gasteiger partial charge in [-0.15, -0.1) is 5.10 Å². The molecule has 2 N–H and O–H groups in total. The zero-order valence-corrected chi connectivity index (χ0v) is 15.0. The highest BCUT2D eigenvalue weighted by Crippen LogP contribution is 2.30. The summed E-state index contributed by atoms with van der Waals surface area (Å²) in [4.78, 5) is 11.6. The van der Waals surface area contributed by atoms with Gasteiger partial charge in [-0.1, -0.05) is 17.2 Å². The van der Waals surface area contributed by atoms with E-state index >= 15 is 0 Å². The van der Waals surface area contributed by atoms with Gasteiger partial charge in [-0.05, 0) is 23.8 Å². The summed E-state index contributed by atoms with van der Waals surface area (Å²) in [7, 11) is 1.65. The number of rotatable bonds is 6. The average molecular weight is 372 g/mol. The van der Waals surface area contributed by atoms with E-state index in [1.807, 2.05) is 55.1 Å². The molecule has 8 heteroatoms.